The van der Waals surface area contributed by atoms with Crippen molar-refractivity contribution in [2.24, 2.45) is 0 Å². The Morgan fingerprint density at radius 3 is 2.54 bits per heavy atom. The molecule has 1 atom stereocenters. The summed E-state index contributed by atoms with van der Waals surface area (Å²) in [5, 5.41) is 14.3. The predicted octanol–water partition coefficient (Wildman–Crippen LogP) is 5.40. The van der Waals surface area contributed by atoms with E-state index >= 15 is 0 Å². The summed E-state index contributed by atoms with van der Waals surface area (Å²) < 4.78 is 0. The fourth-order valence-electron chi connectivity index (χ4n) is 3.75. The van der Waals surface area contributed by atoms with Crippen LogP contribution in [0.4, 0.5) is 5.69 Å². The number of H-pyrrole nitrogens is 1. The van der Waals surface area contributed by atoms with Crippen molar-refractivity contribution in [1.29, 1.82) is 0 Å². The van der Waals surface area contributed by atoms with Gasteiger partial charge in [-0.2, -0.15) is 0 Å². The van der Waals surface area contributed by atoms with Gasteiger partial charge in [0.25, 0.3) is 5.69 Å². The summed E-state index contributed by atoms with van der Waals surface area (Å²) in [4.78, 5) is 27.5. The van der Waals surface area contributed by atoms with Crippen LogP contribution in [0.1, 0.15) is 21.9 Å². The maximum Gasteiger partial charge on any atom is 0.269 e. The Bertz CT molecular complexity index is 1340. The molecule has 0 saturated carbocycles. The van der Waals surface area contributed by atoms with E-state index in [1.54, 1.807) is 12.1 Å². The number of aromatic amines is 1. The van der Waals surface area contributed by atoms with Gasteiger partial charge in [0.2, 0.25) is 0 Å². The Balaban J connectivity index is 1.79. The van der Waals surface area contributed by atoms with Gasteiger partial charge in [0, 0.05) is 28.6 Å². The average molecular weight is 386 g/mol. The normalized spacial score (nSPS) is 15.6. The van der Waals surface area contributed by atoms with Crippen LogP contribution in [0.15, 0.2) is 70.9 Å². The molecule has 6 heteroatoms. The SMILES string of the molecule is O=c1c2c(ccc3[nH]c4ccccc4c13)C=CSC2c1ccc([N+](=O)[O-])cc1. The molecule has 0 spiro atoms. The Hall–Kier alpha value is -3.38. The number of thioether (sulfide) groups is 1. The summed E-state index contributed by atoms with van der Waals surface area (Å²) in [7, 11) is 0. The van der Waals surface area contributed by atoms with Gasteiger partial charge in [0.05, 0.1) is 21.1 Å². The lowest BCUT2D eigenvalue weighted by Gasteiger charge is -2.19. The quantitative estimate of drug-likeness (QED) is 0.370. The van der Waals surface area contributed by atoms with Gasteiger partial charge in [-0.15, -0.1) is 11.8 Å². The number of para-hydroxylation sites is 1. The van der Waals surface area contributed by atoms with Gasteiger partial charge in [-0.25, -0.2) is 0 Å². The fraction of sp³-hybridized carbons (Fsp3) is 0.0455. The van der Waals surface area contributed by atoms with Gasteiger partial charge in [-0.3, -0.25) is 14.9 Å². The Morgan fingerprint density at radius 1 is 0.964 bits per heavy atom. The lowest BCUT2D eigenvalue weighted by molar-refractivity contribution is -0.384. The standard InChI is InChI=1S/C22H14N2O3S/c25-21-19-13(7-10-18-20(21)16-3-1-2-4-17(16)23-18)11-12-28-22(19)14-5-8-15(9-6-14)24(26)27/h1-12,22-23H. The average Bonchev–Trinajstić information content (AvgIpc) is 3.03. The first-order chi connectivity index (χ1) is 13.6. The van der Waals surface area contributed by atoms with Gasteiger partial charge < -0.3 is 4.98 Å². The zero-order valence-corrected chi connectivity index (χ0v) is 15.4. The van der Waals surface area contributed by atoms with E-state index in [0.717, 1.165) is 27.5 Å². The van der Waals surface area contributed by atoms with Gasteiger partial charge >= 0.3 is 0 Å². The number of nitrogens with zero attached hydrogens (tertiary/aromatic N) is 1. The smallest absolute Gasteiger partial charge is 0.269 e. The van der Waals surface area contributed by atoms with E-state index in [2.05, 4.69) is 4.98 Å². The van der Waals surface area contributed by atoms with Crippen molar-refractivity contribution in [3.05, 3.63) is 103 Å². The minimum atomic E-state index is -0.417. The molecule has 5 nitrogen and oxygen atoms in total. The molecule has 3 aromatic carbocycles. The molecule has 1 aromatic heterocycles. The fourth-order valence-corrected chi connectivity index (χ4v) is 4.83. The molecule has 0 saturated heterocycles. The Morgan fingerprint density at radius 2 is 1.75 bits per heavy atom. The second-order valence-electron chi connectivity index (χ2n) is 6.66. The van der Waals surface area contributed by atoms with Crippen LogP contribution < -0.4 is 5.43 Å². The van der Waals surface area contributed by atoms with Crippen molar-refractivity contribution >= 4 is 45.3 Å². The largest absolute Gasteiger partial charge is 0.354 e. The highest BCUT2D eigenvalue weighted by molar-refractivity contribution is 8.02. The Kier molecular flexibility index (Phi) is 3.80. The van der Waals surface area contributed by atoms with Gasteiger partial charge in [0.15, 0.2) is 5.43 Å². The highest BCUT2D eigenvalue weighted by Crippen LogP contribution is 2.41. The van der Waals surface area contributed by atoms with E-state index in [1.165, 1.54) is 23.9 Å². The zero-order valence-electron chi connectivity index (χ0n) is 14.6. The maximum atomic E-state index is 13.6. The monoisotopic (exact) mass is 386 g/mol. The van der Waals surface area contributed by atoms with Gasteiger partial charge in [-0.1, -0.05) is 36.4 Å². The molecule has 136 valence electrons. The highest BCUT2D eigenvalue weighted by atomic mass is 32.2. The number of benzene rings is 2. The molecule has 0 bridgehead atoms. The number of aromatic nitrogens is 1. The molecular formula is C22H14N2O3S. The number of hydrogen-bond acceptors (Lipinski definition) is 4. The number of rotatable bonds is 2. The predicted molar refractivity (Wildman–Crippen MR) is 114 cm³/mol. The first-order valence-electron chi connectivity index (χ1n) is 8.77. The van der Waals surface area contributed by atoms with Crippen LogP contribution in [0, 0.1) is 10.1 Å². The third-order valence-electron chi connectivity index (χ3n) is 5.08. The molecule has 1 N–H and O–H groups in total. The van der Waals surface area contributed by atoms with Crippen molar-refractivity contribution in [3.63, 3.8) is 0 Å². The number of nitro groups is 1. The molecule has 5 rings (SSSR count). The zero-order chi connectivity index (χ0) is 19.3. The molecule has 1 aliphatic rings. The third-order valence-corrected chi connectivity index (χ3v) is 6.15. The molecule has 4 aromatic rings. The van der Waals surface area contributed by atoms with Crippen LogP contribution >= 0.6 is 11.8 Å². The van der Waals surface area contributed by atoms with Crippen molar-refractivity contribution in [2.45, 2.75) is 5.25 Å². The molecule has 0 fully saturated rings. The summed E-state index contributed by atoms with van der Waals surface area (Å²) in [5.41, 5.74) is 4.23. The van der Waals surface area contributed by atoms with E-state index in [-0.39, 0.29) is 16.4 Å². The minimum Gasteiger partial charge on any atom is -0.354 e. The first-order valence-corrected chi connectivity index (χ1v) is 9.72. The summed E-state index contributed by atoms with van der Waals surface area (Å²) in [5.74, 6) is 0. The van der Waals surface area contributed by atoms with Crippen molar-refractivity contribution in [2.75, 3.05) is 0 Å². The van der Waals surface area contributed by atoms with Crippen LogP contribution in [-0.4, -0.2) is 9.91 Å². The number of nitrogens with one attached hydrogen (secondary N) is 1. The number of nitro benzene ring substituents is 1. The van der Waals surface area contributed by atoms with Crippen LogP contribution in [-0.2, 0) is 0 Å². The molecule has 1 unspecified atom stereocenters. The number of fused-ring (bicyclic) bond motifs is 4. The number of non-ortho nitro benzene ring substituents is 1. The number of hydrogen-bond donors (Lipinski definition) is 1. The van der Waals surface area contributed by atoms with Crippen LogP contribution in [0.25, 0.3) is 27.9 Å². The molecule has 2 heterocycles. The third kappa shape index (κ3) is 2.53. The van der Waals surface area contributed by atoms with E-state index in [0.29, 0.717) is 10.9 Å². The van der Waals surface area contributed by atoms with Crippen LogP contribution in [0.5, 0.6) is 0 Å². The second kappa shape index (κ2) is 6.35. The van der Waals surface area contributed by atoms with E-state index < -0.39 is 4.92 Å². The van der Waals surface area contributed by atoms with Crippen molar-refractivity contribution in [1.82, 2.24) is 4.98 Å². The lowest BCUT2D eigenvalue weighted by atomic mass is 9.99. The van der Waals surface area contributed by atoms with Crippen molar-refractivity contribution in [3.8, 4) is 0 Å². The van der Waals surface area contributed by atoms with Gasteiger partial charge in [-0.05, 0) is 34.7 Å². The highest BCUT2D eigenvalue weighted by Gasteiger charge is 2.24. The topological polar surface area (TPSA) is 76.0 Å². The van der Waals surface area contributed by atoms with E-state index in [4.69, 9.17) is 0 Å². The summed E-state index contributed by atoms with van der Waals surface area (Å²) in [6, 6.07) is 18.1. The second-order valence-corrected chi connectivity index (χ2v) is 7.67. The first kappa shape index (κ1) is 16.8. The van der Waals surface area contributed by atoms with Crippen LogP contribution in [0.2, 0.25) is 0 Å². The maximum absolute atomic E-state index is 13.6. The molecule has 0 amide bonds. The lowest BCUT2D eigenvalue weighted by Crippen LogP contribution is -2.13. The van der Waals surface area contributed by atoms with E-state index in [1.807, 2.05) is 47.9 Å². The summed E-state index contributed by atoms with van der Waals surface area (Å²) in [6.45, 7) is 0. The Labute approximate surface area is 163 Å². The summed E-state index contributed by atoms with van der Waals surface area (Å²) in [6.07, 6.45) is 1.95. The molecule has 1 aliphatic heterocycles. The van der Waals surface area contributed by atoms with Crippen LogP contribution in [0.3, 0.4) is 0 Å². The van der Waals surface area contributed by atoms with Crippen molar-refractivity contribution < 1.29 is 4.92 Å². The molecular weight excluding hydrogens is 372 g/mol. The molecule has 0 radical (unpaired) electrons. The minimum absolute atomic E-state index is 0.00680. The van der Waals surface area contributed by atoms with Gasteiger partial charge in [0.1, 0.15) is 0 Å². The molecule has 28 heavy (non-hydrogen) atoms. The van der Waals surface area contributed by atoms with E-state index in [9.17, 15) is 14.9 Å². The molecule has 0 aliphatic carbocycles. The summed E-state index contributed by atoms with van der Waals surface area (Å²) >= 11 is 1.54.